The van der Waals surface area contributed by atoms with Crippen molar-refractivity contribution in [1.82, 2.24) is 20.0 Å². The highest BCUT2D eigenvalue weighted by Gasteiger charge is 2.37. The zero-order valence-electron chi connectivity index (χ0n) is 15.5. The molecule has 8 nitrogen and oxygen atoms in total. The van der Waals surface area contributed by atoms with E-state index in [0.29, 0.717) is 40.8 Å². The Bertz CT molecular complexity index is 1020. The zero-order chi connectivity index (χ0) is 20.7. The molecule has 4 rings (SSSR count). The van der Waals surface area contributed by atoms with E-state index in [2.05, 4.69) is 15.7 Å². The molecule has 2 amide bonds. The molecule has 3 N–H and O–H groups in total. The molecule has 29 heavy (non-hydrogen) atoms. The number of allylic oxidation sites excluding steroid dienone is 1. The van der Waals surface area contributed by atoms with Crippen LogP contribution in [0.5, 0.6) is 0 Å². The van der Waals surface area contributed by atoms with Gasteiger partial charge >= 0.3 is 6.09 Å². The maximum atomic E-state index is 13.5. The molecule has 2 aromatic rings. The fourth-order valence-corrected chi connectivity index (χ4v) is 4.19. The lowest BCUT2D eigenvalue weighted by molar-refractivity contribution is -0.126. The molecule has 10 heteroatoms. The average Bonchev–Trinajstić information content (AvgIpc) is 3.31. The van der Waals surface area contributed by atoms with Crippen LogP contribution in [0.1, 0.15) is 24.9 Å². The first-order valence-electron chi connectivity index (χ1n) is 9.10. The van der Waals surface area contributed by atoms with Gasteiger partial charge in [-0.3, -0.25) is 4.79 Å². The van der Waals surface area contributed by atoms with E-state index >= 15 is 0 Å². The summed E-state index contributed by atoms with van der Waals surface area (Å²) in [5, 5.41) is 19.8. The summed E-state index contributed by atoms with van der Waals surface area (Å²) in [4.78, 5) is 26.0. The van der Waals surface area contributed by atoms with Crippen LogP contribution in [0.4, 0.5) is 10.6 Å². The Balaban J connectivity index is 1.71. The molecule has 1 aromatic carbocycles. The molecule has 2 atom stereocenters. The van der Waals surface area contributed by atoms with Crippen molar-refractivity contribution in [1.29, 1.82) is 0 Å². The molecule has 0 radical (unpaired) electrons. The number of amides is 2. The van der Waals surface area contributed by atoms with Crippen molar-refractivity contribution in [2.24, 2.45) is 0 Å². The second-order valence-electron chi connectivity index (χ2n) is 7.09. The van der Waals surface area contributed by atoms with Crippen molar-refractivity contribution in [3.05, 3.63) is 57.3 Å². The number of aromatic nitrogens is 2. The maximum Gasteiger partial charge on any atom is 0.404 e. The van der Waals surface area contributed by atoms with E-state index in [0.717, 1.165) is 11.4 Å². The minimum absolute atomic E-state index is 0.165. The van der Waals surface area contributed by atoms with Gasteiger partial charge in [-0.2, -0.15) is 5.10 Å². The van der Waals surface area contributed by atoms with Gasteiger partial charge < -0.3 is 20.6 Å². The van der Waals surface area contributed by atoms with Crippen LogP contribution in [-0.2, 0) is 4.79 Å². The molecule has 2 aliphatic rings. The summed E-state index contributed by atoms with van der Waals surface area (Å²) in [5.74, 6) is 0.601. The molecule has 0 spiro atoms. The van der Waals surface area contributed by atoms with Crippen molar-refractivity contribution in [2.75, 3.05) is 18.4 Å². The second kappa shape index (κ2) is 7.61. The Morgan fingerprint density at radius 1 is 1.28 bits per heavy atom. The van der Waals surface area contributed by atoms with E-state index in [9.17, 15) is 9.59 Å². The molecule has 1 aromatic heterocycles. The summed E-state index contributed by atoms with van der Waals surface area (Å²) >= 11 is 12.3. The number of anilines is 1. The lowest BCUT2D eigenvalue weighted by atomic mass is 9.94. The molecule has 1 unspecified atom stereocenters. The third-order valence-electron chi connectivity index (χ3n) is 5.20. The van der Waals surface area contributed by atoms with E-state index in [1.807, 2.05) is 19.1 Å². The number of carboxylic acid groups (broad SMARTS) is 1. The molecule has 0 aliphatic carbocycles. The van der Waals surface area contributed by atoms with Gasteiger partial charge in [-0.15, -0.1) is 0 Å². The number of nitrogens with zero attached hydrogens (tertiary/aromatic N) is 3. The van der Waals surface area contributed by atoms with Crippen LogP contribution in [0.3, 0.4) is 0 Å². The maximum absolute atomic E-state index is 13.5. The van der Waals surface area contributed by atoms with Gasteiger partial charge in [0.15, 0.2) is 0 Å². The minimum atomic E-state index is -1.09. The third kappa shape index (κ3) is 3.65. The van der Waals surface area contributed by atoms with Gasteiger partial charge in [-0.1, -0.05) is 29.3 Å². The lowest BCUT2D eigenvalue weighted by Crippen LogP contribution is -2.40. The third-order valence-corrected chi connectivity index (χ3v) is 5.94. The van der Waals surface area contributed by atoms with Gasteiger partial charge in [0, 0.05) is 24.9 Å². The van der Waals surface area contributed by atoms with E-state index in [1.165, 1.54) is 0 Å². The summed E-state index contributed by atoms with van der Waals surface area (Å²) in [6.45, 7) is 2.64. The highest BCUT2D eigenvalue weighted by Crippen LogP contribution is 2.38. The number of carbonyl (C=O) groups excluding carboxylic acids is 1. The highest BCUT2D eigenvalue weighted by atomic mass is 35.5. The molecule has 2 aliphatic heterocycles. The van der Waals surface area contributed by atoms with Gasteiger partial charge in [0.05, 0.1) is 27.9 Å². The lowest BCUT2D eigenvalue weighted by Gasteiger charge is -2.32. The van der Waals surface area contributed by atoms with Crippen molar-refractivity contribution < 1.29 is 14.7 Å². The highest BCUT2D eigenvalue weighted by molar-refractivity contribution is 6.42. The molecule has 1 fully saturated rings. The van der Waals surface area contributed by atoms with Crippen molar-refractivity contribution >= 4 is 41.0 Å². The first kappa shape index (κ1) is 19.6. The quantitative estimate of drug-likeness (QED) is 0.686. The Hall–Kier alpha value is -2.71. The number of hydrogen-bond donors (Lipinski definition) is 3. The fraction of sp³-hybridized carbons (Fsp3) is 0.316. The van der Waals surface area contributed by atoms with Gasteiger partial charge in [0.2, 0.25) is 0 Å². The first-order valence-corrected chi connectivity index (χ1v) is 9.85. The summed E-state index contributed by atoms with van der Waals surface area (Å²) in [6, 6.07) is 6.34. The van der Waals surface area contributed by atoms with Crippen LogP contribution in [0.15, 0.2) is 41.7 Å². The number of likely N-dealkylation sites (tertiary alicyclic amines) is 1. The van der Waals surface area contributed by atoms with E-state index in [1.54, 1.807) is 27.9 Å². The first-order chi connectivity index (χ1) is 13.8. The number of nitrogens with one attached hydrogen (secondary N) is 2. The van der Waals surface area contributed by atoms with Crippen molar-refractivity contribution in [3.8, 4) is 0 Å². The number of benzene rings is 1. The van der Waals surface area contributed by atoms with Gasteiger partial charge in [0.1, 0.15) is 11.9 Å². The van der Waals surface area contributed by atoms with Crippen LogP contribution in [0, 0.1) is 0 Å². The number of fused-ring (bicyclic) bond motifs is 1. The van der Waals surface area contributed by atoms with Crippen molar-refractivity contribution in [3.63, 3.8) is 0 Å². The Morgan fingerprint density at radius 3 is 2.79 bits per heavy atom. The largest absolute Gasteiger partial charge is 0.465 e. The van der Waals surface area contributed by atoms with Crippen LogP contribution >= 0.6 is 23.2 Å². The monoisotopic (exact) mass is 435 g/mol. The van der Waals surface area contributed by atoms with Crippen LogP contribution in [0.2, 0.25) is 10.0 Å². The summed E-state index contributed by atoms with van der Waals surface area (Å²) in [6.07, 6.45) is 1.15. The smallest absolute Gasteiger partial charge is 0.404 e. The average molecular weight is 436 g/mol. The molecular weight excluding hydrogens is 417 g/mol. The van der Waals surface area contributed by atoms with E-state index in [-0.39, 0.29) is 11.9 Å². The normalized spacial score (nSPS) is 21.0. The molecule has 152 valence electrons. The molecule has 1 saturated heterocycles. The SMILES string of the molecule is CC1=C(C(=O)N2CC[C@@H](NC(=O)O)C2)C(c2ccc(Cl)c(Cl)c2)n2nccc2N1. The predicted molar refractivity (Wildman–Crippen MR) is 109 cm³/mol. The van der Waals surface area contributed by atoms with E-state index < -0.39 is 12.1 Å². The Morgan fingerprint density at radius 2 is 2.07 bits per heavy atom. The Kier molecular flexibility index (Phi) is 5.14. The van der Waals surface area contributed by atoms with Gasteiger partial charge in [0.25, 0.3) is 5.91 Å². The molecule has 0 saturated carbocycles. The number of carbonyl (C=O) groups is 2. The molecule has 0 bridgehead atoms. The Labute approximate surface area is 177 Å². The molecule has 3 heterocycles. The number of hydrogen-bond acceptors (Lipinski definition) is 4. The van der Waals surface area contributed by atoms with Gasteiger partial charge in [-0.25, -0.2) is 9.48 Å². The fourth-order valence-electron chi connectivity index (χ4n) is 3.88. The van der Waals surface area contributed by atoms with Crippen LogP contribution < -0.4 is 10.6 Å². The second-order valence-corrected chi connectivity index (χ2v) is 7.90. The zero-order valence-corrected chi connectivity index (χ0v) is 17.0. The minimum Gasteiger partial charge on any atom is -0.465 e. The predicted octanol–water partition coefficient (Wildman–Crippen LogP) is 3.35. The van der Waals surface area contributed by atoms with Crippen LogP contribution in [-0.4, -0.2) is 50.9 Å². The standard InChI is InChI=1S/C19H19Cl2N5O3/c1-10-16(18(27)25-7-5-12(9-25)24-19(28)29)17(26-15(23-10)4-6-22-26)11-2-3-13(20)14(21)8-11/h2-4,6,8,12,17,23-24H,5,7,9H2,1H3,(H,28,29)/t12-,17?/m1/s1. The van der Waals surface area contributed by atoms with Crippen LogP contribution in [0.25, 0.3) is 0 Å². The number of rotatable bonds is 3. The summed E-state index contributed by atoms with van der Waals surface area (Å²) < 4.78 is 1.74. The topological polar surface area (TPSA) is 99.5 Å². The van der Waals surface area contributed by atoms with E-state index in [4.69, 9.17) is 28.3 Å². The van der Waals surface area contributed by atoms with Gasteiger partial charge in [-0.05, 0) is 31.0 Å². The molecular formula is C19H19Cl2N5O3. The number of halogens is 2. The van der Waals surface area contributed by atoms with Crippen molar-refractivity contribution in [2.45, 2.75) is 25.4 Å². The summed E-state index contributed by atoms with van der Waals surface area (Å²) in [7, 11) is 0. The summed E-state index contributed by atoms with van der Waals surface area (Å²) in [5.41, 5.74) is 2.04.